The van der Waals surface area contributed by atoms with Crippen molar-refractivity contribution in [3.8, 4) is 5.69 Å². The molecule has 6 nitrogen and oxygen atoms in total. The Morgan fingerprint density at radius 1 is 1.10 bits per heavy atom. The predicted molar refractivity (Wildman–Crippen MR) is 122 cm³/mol. The molecule has 2 N–H and O–H groups in total. The second-order valence-corrected chi connectivity index (χ2v) is 7.01. The highest BCUT2D eigenvalue weighted by Crippen LogP contribution is 2.23. The molecule has 3 aromatic rings. The van der Waals surface area contributed by atoms with Gasteiger partial charge < -0.3 is 10.6 Å². The molecule has 4 rings (SSSR count). The molecule has 2 heterocycles. The lowest BCUT2D eigenvalue weighted by molar-refractivity contribution is 0.822. The Kier molecular flexibility index (Phi) is 5.57. The first-order valence-electron chi connectivity index (χ1n) is 9.79. The van der Waals surface area contributed by atoms with Crippen LogP contribution in [0.5, 0.6) is 0 Å². The lowest BCUT2D eigenvalue weighted by atomic mass is 10.1. The van der Waals surface area contributed by atoms with Crippen LogP contribution in [0.3, 0.4) is 0 Å². The number of hydrogen-bond donors (Lipinski definition) is 1. The first kappa shape index (κ1) is 19.4. The molecule has 0 unspecified atom stereocenters. The summed E-state index contributed by atoms with van der Waals surface area (Å²) in [6, 6.07) is 17.2. The zero-order chi connectivity index (χ0) is 20.9. The number of para-hydroxylation sites is 1. The van der Waals surface area contributed by atoms with Crippen LogP contribution in [0.15, 0.2) is 95.0 Å². The first-order chi connectivity index (χ1) is 14.7. The molecule has 0 atom stereocenters. The lowest BCUT2D eigenvalue weighted by Crippen LogP contribution is -2.21. The van der Waals surface area contributed by atoms with E-state index in [4.69, 9.17) is 5.73 Å². The van der Waals surface area contributed by atoms with E-state index in [9.17, 15) is 4.79 Å². The summed E-state index contributed by atoms with van der Waals surface area (Å²) in [5.41, 5.74) is 9.93. The SMILES string of the molecule is Cc1cc(N2CC=CC2)ccc1-n1ccc(=O)c(C(C=CN)=Nc2ccccc2)n1. The Hall–Kier alpha value is -3.93. The minimum absolute atomic E-state index is 0.212. The van der Waals surface area contributed by atoms with Crippen molar-refractivity contribution >= 4 is 17.1 Å². The summed E-state index contributed by atoms with van der Waals surface area (Å²) in [7, 11) is 0. The number of nitrogens with zero attached hydrogens (tertiary/aromatic N) is 4. The number of nitrogens with two attached hydrogens (primary N) is 1. The zero-order valence-electron chi connectivity index (χ0n) is 16.8. The molecule has 2 aromatic carbocycles. The van der Waals surface area contributed by atoms with Gasteiger partial charge in [0.25, 0.3) is 0 Å². The molecule has 1 aliphatic heterocycles. The molecular formula is C24H23N5O. The highest BCUT2D eigenvalue weighted by Gasteiger charge is 2.13. The van der Waals surface area contributed by atoms with Gasteiger partial charge in [0.2, 0.25) is 5.43 Å². The van der Waals surface area contributed by atoms with Crippen LogP contribution in [0.2, 0.25) is 0 Å². The third-order valence-corrected chi connectivity index (χ3v) is 4.92. The summed E-state index contributed by atoms with van der Waals surface area (Å²) in [4.78, 5) is 19.4. The van der Waals surface area contributed by atoms with Gasteiger partial charge in [-0.1, -0.05) is 30.4 Å². The van der Waals surface area contributed by atoms with Gasteiger partial charge in [0.15, 0.2) is 5.69 Å². The Bertz CT molecular complexity index is 1180. The fraction of sp³-hybridized carbons (Fsp3) is 0.125. The standard InChI is InChI=1S/C24H23N5O/c1-18-17-20(28-14-5-6-15-28)9-10-22(18)29-16-12-23(30)24(27-29)21(11-13-25)26-19-7-3-2-4-8-19/h2-13,16-17H,14-15,25H2,1H3. The molecule has 1 aliphatic rings. The monoisotopic (exact) mass is 397 g/mol. The summed E-state index contributed by atoms with van der Waals surface area (Å²) < 4.78 is 1.71. The number of anilines is 1. The quantitative estimate of drug-likeness (QED) is 0.528. The molecule has 0 saturated heterocycles. The minimum Gasteiger partial charge on any atom is -0.405 e. The largest absolute Gasteiger partial charge is 0.405 e. The van der Waals surface area contributed by atoms with Crippen molar-refractivity contribution in [3.63, 3.8) is 0 Å². The van der Waals surface area contributed by atoms with E-state index in [0.29, 0.717) is 5.71 Å². The molecule has 1 aromatic heterocycles. The predicted octanol–water partition coefficient (Wildman–Crippen LogP) is 3.51. The molecule has 0 aliphatic carbocycles. The van der Waals surface area contributed by atoms with Gasteiger partial charge in [-0.2, -0.15) is 5.10 Å². The van der Waals surface area contributed by atoms with Crippen LogP contribution in [0, 0.1) is 6.92 Å². The highest BCUT2D eigenvalue weighted by atomic mass is 16.1. The van der Waals surface area contributed by atoms with Crippen LogP contribution in [0.1, 0.15) is 11.3 Å². The number of rotatable bonds is 5. The van der Waals surface area contributed by atoms with Crippen molar-refractivity contribution in [2.45, 2.75) is 6.92 Å². The Morgan fingerprint density at radius 3 is 2.57 bits per heavy atom. The van der Waals surface area contributed by atoms with Gasteiger partial charge in [-0.15, -0.1) is 0 Å². The van der Waals surface area contributed by atoms with E-state index in [2.05, 4.69) is 39.3 Å². The van der Waals surface area contributed by atoms with Crippen LogP contribution >= 0.6 is 0 Å². The average molecular weight is 397 g/mol. The average Bonchev–Trinajstić information content (AvgIpc) is 3.30. The molecule has 30 heavy (non-hydrogen) atoms. The van der Waals surface area contributed by atoms with Crippen LogP contribution in [0.4, 0.5) is 11.4 Å². The van der Waals surface area contributed by atoms with Crippen LogP contribution in [-0.2, 0) is 0 Å². The van der Waals surface area contributed by atoms with Gasteiger partial charge in [-0.3, -0.25) is 4.79 Å². The Balaban J connectivity index is 1.74. The summed E-state index contributed by atoms with van der Waals surface area (Å²) in [5.74, 6) is 0. The number of aromatic nitrogens is 2. The van der Waals surface area contributed by atoms with Gasteiger partial charge in [-0.05, 0) is 55.1 Å². The van der Waals surface area contributed by atoms with Gasteiger partial charge >= 0.3 is 0 Å². The highest BCUT2D eigenvalue weighted by molar-refractivity contribution is 6.08. The van der Waals surface area contributed by atoms with E-state index in [1.54, 1.807) is 17.0 Å². The molecule has 0 bridgehead atoms. The van der Waals surface area contributed by atoms with Gasteiger partial charge in [0, 0.05) is 31.0 Å². The second-order valence-electron chi connectivity index (χ2n) is 7.01. The molecular weight excluding hydrogens is 374 g/mol. The third kappa shape index (κ3) is 4.07. The molecule has 0 amide bonds. The van der Waals surface area contributed by atoms with E-state index in [0.717, 1.165) is 30.0 Å². The maximum atomic E-state index is 12.6. The zero-order valence-corrected chi connectivity index (χ0v) is 16.8. The van der Waals surface area contributed by atoms with Gasteiger partial charge in [-0.25, -0.2) is 9.67 Å². The first-order valence-corrected chi connectivity index (χ1v) is 9.79. The van der Waals surface area contributed by atoms with E-state index < -0.39 is 0 Å². The number of allylic oxidation sites excluding steroid dienone is 1. The summed E-state index contributed by atoms with van der Waals surface area (Å²) in [6.45, 7) is 3.88. The summed E-state index contributed by atoms with van der Waals surface area (Å²) in [5, 5.41) is 4.59. The van der Waals surface area contributed by atoms with E-state index in [1.807, 2.05) is 43.3 Å². The van der Waals surface area contributed by atoms with Crippen LogP contribution in [0.25, 0.3) is 5.69 Å². The molecule has 0 fully saturated rings. The number of aliphatic imine (C=N–C) groups is 1. The maximum Gasteiger partial charge on any atom is 0.209 e. The van der Waals surface area contributed by atoms with Crippen molar-refractivity contribution < 1.29 is 0 Å². The van der Waals surface area contributed by atoms with Crippen molar-refractivity contribution in [3.05, 3.63) is 107 Å². The molecule has 0 radical (unpaired) electrons. The van der Waals surface area contributed by atoms with Crippen molar-refractivity contribution in [2.75, 3.05) is 18.0 Å². The van der Waals surface area contributed by atoms with Crippen molar-refractivity contribution in [1.29, 1.82) is 0 Å². The third-order valence-electron chi connectivity index (χ3n) is 4.92. The van der Waals surface area contributed by atoms with Crippen molar-refractivity contribution in [1.82, 2.24) is 9.78 Å². The van der Waals surface area contributed by atoms with E-state index >= 15 is 0 Å². The summed E-state index contributed by atoms with van der Waals surface area (Å²) >= 11 is 0. The molecule has 0 saturated carbocycles. The summed E-state index contributed by atoms with van der Waals surface area (Å²) in [6.07, 6.45) is 8.97. The molecule has 150 valence electrons. The van der Waals surface area contributed by atoms with E-state index in [1.165, 1.54) is 18.0 Å². The van der Waals surface area contributed by atoms with Gasteiger partial charge in [0.05, 0.1) is 17.1 Å². The van der Waals surface area contributed by atoms with Crippen LogP contribution < -0.4 is 16.1 Å². The smallest absolute Gasteiger partial charge is 0.209 e. The van der Waals surface area contributed by atoms with Crippen molar-refractivity contribution in [2.24, 2.45) is 10.7 Å². The fourth-order valence-electron chi connectivity index (χ4n) is 3.40. The molecule has 6 heteroatoms. The molecule has 0 spiro atoms. The fourth-order valence-corrected chi connectivity index (χ4v) is 3.40. The maximum absolute atomic E-state index is 12.6. The normalized spacial score (nSPS) is 14.0. The lowest BCUT2D eigenvalue weighted by Gasteiger charge is -2.19. The van der Waals surface area contributed by atoms with E-state index in [-0.39, 0.29) is 11.1 Å². The number of aryl methyl sites for hydroxylation is 1. The Labute approximate surface area is 175 Å². The van der Waals surface area contributed by atoms with Gasteiger partial charge in [0.1, 0.15) is 0 Å². The topological polar surface area (TPSA) is 76.5 Å². The number of benzene rings is 2. The second kappa shape index (κ2) is 8.61. The number of hydrogen-bond acceptors (Lipinski definition) is 5. The minimum atomic E-state index is -0.212. The Morgan fingerprint density at radius 2 is 1.87 bits per heavy atom. The van der Waals surface area contributed by atoms with Crippen LogP contribution in [-0.4, -0.2) is 28.6 Å².